The number of ketones is 2. The van der Waals surface area contributed by atoms with E-state index < -0.39 is 40.7 Å². The number of non-ortho nitro benzene ring substituents is 1. The number of halogens is 1. The van der Waals surface area contributed by atoms with Crippen molar-refractivity contribution in [3.05, 3.63) is 129 Å². The SMILES string of the molecule is Cc1cc([N+](=O)[O-])ccc1N1C(=O)[C@@H]2[C@H](C1=O)[C@@H](C(=O)c1ccc(Cl)cc1)N1C=CC(C(=O)c3ccccc3)=C[C@H]21. The van der Waals surface area contributed by atoms with Gasteiger partial charge in [0.15, 0.2) is 11.6 Å². The smallest absolute Gasteiger partial charge is 0.269 e. The first kappa shape index (κ1) is 26.3. The molecule has 10 heteroatoms. The number of nitrogens with zero attached hydrogens (tertiary/aromatic N) is 3. The third-order valence-corrected chi connectivity index (χ3v) is 8.13. The fourth-order valence-electron chi connectivity index (χ4n) is 5.98. The molecular weight excluding hydrogens is 546 g/mol. The van der Waals surface area contributed by atoms with Gasteiger partial charge in [0.1, 0.15) is 6.04 Å². The molecule has 0 aliphatic carbocycles. The standard InChI is InChI=1S/C31H22ClN3O6/c1-17-15-22(35(40)41)11-12-23(17)34-30(38)25-24-16-20(28(36)18-5-3-2-4-6-18)13-14-33(24)27(26(25)31(34)39)29(37)19-7-9-21(32)10-8-19/h2-16,24-27H,1H3/t24-,25+,26+,27+/m1/s1. The van der Waals surface area contributed by atoms with Crippen LogP contribution in [0.4, 0.5) is 11.4 Å². The van der Waals surface area contributed by atoms with Crippen molar-refractivity contribution >= 4 is 46.4 Å². The van der Waals surface area contributed by atoms with Gasteiger partial charge in [-0.1, -0.05) is 48.0 Å². The Hall–Kier alpha value is -4.89. The highest BCUT2D eigenvalue weighted by Crippen LogP contribution is 2.47. The zero-order chi connectivity index (χ0) is 29.0. The van der Waals surface area contributed by atoms with Gasteiger partial charge in [0.05, 0.1) is 28.5 Å². The number of anilines is 1. The molecule has 2 amide bonds. The summed E-state index contributed by atoms with van der Waals surface area (Å²) in [6, 6.07) is 17.1. The summed E-state index contributed by atoms with van der Waals surface area (Å²) in [4.78, 5) is 68.6. The molecule has 6 rings (SSSR count). The molecule has 9 nitrogen and oxygen atoms in total. The molecule has 3 aliphatic rings. The van der Waals surface area contributed by atoms with Gasteiger partial charge >= 0.3 is 0 Å². The second kappa shape index (κ2) is 9.94. The van der Waals surface area contributed by atoms with E-state index in [1.54, 1.807) is 84.8 Å². The lowest BCUT2D eigenvalue weighted by Crippen LogP contribution is -2.46. The lowest BCUT2D eigenvalue weighted by Gasteiger charge is -2.33. The van der Waals surface area contributed by atoms with Crippen LogP contribution < -0.4 is 4.90 Å². The van der Waals surface area contributed by atoms with Crippen LogP contribution in [0.3, 0.4) is 0 Å². The number of allylic oxidation sites excluding steroid dienone is 2. The van der Waals surface area contributed by atoms with Crippen molar-refractivity contribution in [2.45, 2.75) is 19.0 Å². The van der Waals surface area contributed by atoms with E-state index in [-0.39, 0.29) is 22.9 Å². The number of hydrogen-bond acceptors (Lipinski definition) is 7. The van der Waals surface area contributed by atoms with Gasteiger partial charge in [0, 0.05) is 40.1 Å². The van der Waals surface area contributed by atoms with Crippen LogP contribution in [-0.2, 0) is 9.59 Å². The van der Waals surface area contributed by atoms with Crippen molar-refractivity contribution in [2.75, 3.05) is 4.90 Å². The van der Waals surface area contributed by atoms with Crippen molar-refractivity contribution in [2.24, 2.45) is 11.8 Å². The molecule has 2 fully saturated rings. The highest BCUT2D eigenvalue weighted by atomic mass is 35.5. The van der Waals surface area contributed by atoms with E-state index in [1.807, 2.05) is 0 Å². The van der Waals surface area contributed by atoms with Gasteiger partial charge in [-0.15, -0.1) is 0 Å². The normalized spacial score (nSPS) is 22.8. The molecule has 3 aliphatic heterocycles. The number of benzene rings is 3. The average Bonchev–Trinajstić information content (AvgIpc) is 3.44. The number of imide groups is 1. The fraction of sp³-hybridized carbons (Fsp3) is 0.161. The predicted molar refractivity (Wildman–Crippen MR) is 150 cm³/mol. The summed E-state index contributed by atoms with van der Waals surface area (Å²) in [7, 11) is 0. The van der Waals surface area contributed by atoms with Gasteiger partial charge in [-0.3, -0.25) is 29.3 Å². The molecule has 2 saturated heterocycles. The Labute approximate surface area is 239 Å². The van der Waals surface area contributed by atoms with E-state index in [9.17, 15) is 29.3 Å². The number of rotatable bonds is 6. The topological polar surface area (TPSA) is 118 Å². The van der Waals surface area contributed by atoms with E-state index in [4.69, 9.17) is 11.6 Å². The molecule has 204 valence electrons. The summed E-state index contributed by atoms with van der Waals surface area (Å²) in [6.07, 6.45) is 4.86. The number of amides is 2. The third-order valence-electron chi connectivity index (χ3n) is 7.88. The van der Waals surface area contributed by atoms with Crippen molar-refractivity contribution in [3.63, 3.8) is 0 Å². The Bertz CT molecular complexity index is 1700. The molecule has 0 radical (unpaired) electrons. The van der Waals surface area contributed by atoms with Crippen molar-refractivity contribution < 1.29 is 24.1 Å². The Balaban J connectivity index is 1.44. The summed E-state index contributed by atoms with van der Waals surface area (Å²) in [5.41, 5.74) is 1.57. The minimum Gasteiger partial charge on any atom is -0.359 e. The van der Waals surface area contributed by atoms with E-state index >= 15 is 0 Å². The molecule has 0 unspecified atom stereocenters. The Morgan fingerprint density at radius 1 is 0.902 bits per heavy atom. The van der Waals surface area contributed by atoms with Crippen molar-refractivity contribution in [3.8, 4) is 0 Å². The first-order chi connectivity index (χ1) is 19.7. The molecular formula is C31H22ClN3O6. The zero-order valence-electron chi connectivity index (χ0n) is 21.6. The van der Waals surface area contributed by atoms with Crippen LogP contribution in [0.25, 0.3) is 0 Å². The van der Waals surface area contributed by atoms with Crippen LogP contribution in [0, 0.1) is 28.9 Å². The third kappa shape index (κ3) is 4.25. The van der Waals surface area contributed by atoms with Crippen LogP contribution in [0.1, 0.15) is 26.3 Å². The van der Waals surface area contributed by atoms with Gasteiger partial charge < -0.3 is 4.90 Å². The van der Waals surface area contributed by atoms with Gasteiger partial charge in [-0.25, -0.2) is 4.90 Å². The summed E-state index contributed by atoms with van der Waals surface area (Å²) >= 11 is 6.03. The Morgan fingerprint density at radius 3 is 2.24 bits per heavy atom. The van der Waals surface area contributed by atoms with Gasteiger partial charge in [-0.2, -0.15) is 0 Å². The largest absolute Gasteiger partial charge is 0.359 e. The molecule has 0 N–H and O–H groups in total. The summed E-state index contributed by atoms with van der Waals surface area (Å²) < 4.78 is 0. The molecule has 0 spiro atoms. The summed E-state index contributed by atoms with van der Waals surface area (Å²) in [5.74, 6) is -3.71. The molecule has 4 atom stereocenters. The highest BCUT2D eigenvalue weighted by Gasteiger charge is 2.63. The Kier molecular flexibility index (Phi) is 6.38. The minimum absolute atomic E-state index is 0.170. The Morgan fingerprint density at radius 2 is 1.59 bits per heavy atom. The second-order valence-electron chi connectivity index (χ2n) is 10.2. The average molecular weight is 568 g/mol. The highest BCUT2D eigenvalue weighted by molar-refractivity contribution is 6.30. The van der Waals surface area contributed by atoms with E-state index in [0.29, 0.717) is 27.3 Å². The molecule has 41 heavy (non-hydrogen) atoms. The van der Waals surface area contributed by atoms with Gasteiger partial charge in [0.2, 0.25) is 11.8 Å². The summed E-state index contributed by atoms with van der Waals surface area (Å²) in [5, 5.41) is 11.7. The lowest BCUT2D eigenvalue weighted by atomic mass is 9.85. The minimum atomic E-state index is -1.04. The quantitative estimate of drug-likeness (QED) is 0.179. The van der Waals surface area contributed by atoms with E-state index in [1.165, 1.54) is 18.2 Å². The van der Waals surface area contributed by atoms with Crippen molar-refractivity contribution in [1.29, 1.82) is 0 Å². The number of fused-ring (bicyclic) bond motifs is 3. The molecule has 0 aromatic heterocycles. The van der Waals surface area contributed by atoms with Gasteiger partial charge in [0.25, 0.3) is 5.69 Å². The maximum Gasteiger partial charge on any atom is 0.269 e. The molecule has 0 saturated carbocycles. The second-order valence-corrected chi connectivity index (χ2v) is 10.6. The molecule has 3 aromatic rings. The van der Waals surface area contributed by atoms with Crippen LogP contribution >= 0.6 is 11.6 Å². The number of aryl methyl sites for hydroxylation is 1. The number of carbonyl (C=O) groups is 4. The van der Waals surface area contributed by atoms with Crippen LogP contribution in [0.5, 0.6) is 0 Å². The lowest BCUT2D eigenvalue weighted by molar-refractivity contribution is -0.384. The first-order valence-electron chi connectivity index (χ1n) is 12.9. The zero-order valence-corrected chi connectivity index (χ0v) is 22.4. The number of carbonyl (C=O) groups excluding carboxylic acids is 4. The van der Waals surface area contributed by atoms with Crippen molar-refractivity contribution in [1.82, 2.24) is 4.90 Å². The maximum atomic E-state index is 14.0. The fourth-order valence-corrected chi connectivity index (χ4v) is 6.11. The van der Waals surface area contributed by atoms with Crippen LogP contribution in [-0.4, -0.2) is 45.3 Å². The number of Topliss-reactive ketones (excluding diaryl/α,β-unsaturated/α-hetero) is 2. The molecule has 3 heterocycles. The van der Waals surface area contributed by atoms with E-state index in [2.05, 4.69) is 0 Å². The monoisotopic (exact) mass is 567 g/mol. The van der Waals surface area contributed by atoms with Crippen LogP contribution in [0.2, 0.25) is 5.02 Å². The maximum absolute atomic E-state index is 14.0. The van der Waals surface area contributed by atoms with Crippen LogP contribution in [0.15, 0.2) is 96.7 Å². The summed E-state index contributed by atoms with van der Waals surface area (Å²) in [6.45, 7) is 1.58. The first-order valence-corrected chi connectivity index (χ1v) is 13.2. The van der Waals surface area contributed by atoms with E-state index in [0.717, 1.165) is 4.90 Å². The number of hydrogen-bond donors (Lipinski definition) is 0. The molecule has 3 aromatic carbocycles. The molecule has 0 bridgehead atoms. The number of nitro benzene ring substituents is 1. The van der Waals surface area contributed by atoms with Gasteiger partial charge in [-0.05, 0) is 48.9 Å². The predicted octanol–water partition coefficient (Wildman–Crippen LogP) is 4.93. The number of nitro groups is 1.